The van der Waals surface area contributed by atoms with Crippen molar-refractivity contribution in [2.24, 2.45) is 0 Å². The highest BCUT2D eigenvalue weighted by molar-refractivity contribution is 5.39. The second-order valence-electron chi connectivity index (χ2n) is 5.44. The minimum atomic E-state index is 0.0742. The summed E-state index contributed by atoms with van der Waals surface area (Å²) in [6, 6.07) is 3.51. The first-order chi connectivity index (χ1) is 9.77. The molecule has 0 aliphatic rings. The molecule has 0 aliphatic carbocycles. The lowest BCUT2D eigenvalue weighted by atomic mass is 10.1. The average molecular weight is 278 g/mol. The molecule has 1 N–H and O–H groups in total. The van der Waals surface area contributed by atoms with Gasteiger partial charge < -0.3 is 9.88 Å². The van der Waals surface area contributed by atoms with Crippen LogP contribution in [0.1, 0.15) is 65.2 Å². The summed E-state index contributed by atoms with van der Waals surface area (Å²) in [5.41, 5.74) is 1.12. The minimum absolute atomic E-state index is 0.0742. The standard InChI is InChI=1S/C17H30N2O/c1-3-5-6-7-8-9-10-11-14-18-16-12-13-17(20)19(4-2)15-16/h12-13,15,18H,3-11,14H2,1-2H3. The second kappa shape index (κ2) is 10.5. The second-order valence-corrected chi connectivity index (χ2v) is 5.44. The van der Waals surface area contributed by atoms with Crippen LogP contribution >= 0.6 is 0 Å². The predicted molar refractivity (Wildman–Crippen MR) is 87.5 cm³/mol. The number of hydrogen-bond donors (Lipinski definition) is 1. The van der Waals surface area contributed by atoms with Gasteiger partial charge in [0.15, 0.2) is 0 Å². The summed E-state index contributed by atoms with van der Waals surface area (Å²) < 4.78 is 1.73. The van der Waals surface area contributed by atoms with Crippen LogP contribution in [0.4, 0.5) is 5.69 Å². The van der Waals surface area contributed by atoms with Crippen LogP contribution in [0.5, 0.6) is 0 Å². The van der Waals surface area contributed by atoms with Gasteiger partial charge in [-0.25, -0.2) is 0 Å². The van der Waals surface area contributed by atoms with Crippen LogP contribution in [0.2, 0.25) is 0 Å². The highest BCUT2D eigenvalue weighted by atomic mass is 16.1. The Hall–Kier alpha value is -1.25. The molecule has 114 valence electrons. The van der Waals surface area contributed by atoms with Crippen molar-refractivity contribution in [3.8, 4) is 0 Å². The van der Waals surface area contributed by atoms with Gasteiger partial charge in [0.25, 0.3) is 5.56 Å². The number of pyridine rings is 1. The van der Waals surface area contributed by atoms with Crippen LogP contribution in [-0.2, 0) is 6.54 Å². The van der Waals surface area contributed by atoms with Gasteiger partial charge in [-0.1, -0.05) is 51.9 Å². The number of rotatable bonds is 11. The summed E-state index contributed by atoms with van der Waals surface area (Å²) in [7, 11) is 0. The fourth-order valence-electron chi connectivity index (χ4n) is 2.37. The Bertz CT molecular complexity index is 412. The van der Waals surface area contributed by atoms with Crippen LogP contribution < -0.4 is 10.9 Å². The third kappa shape index (κ3) is 6.78. The van der Waals surface area contributed by atoms with E-state index in [9.17, 15) is 4.79 Å². The Balaban J connectivity index is 2.08. The van der Waals surface area contributed by atoms with Crippen molar-refractivity contribution in [1.82, 2.24) is 4.57 Å². The van der Waals surface area contributed by atoms with Crippen LogP contribution in [0, 0.1) is 0 Å². The molecule has 0 saturated carbocycles. The number of unbranched alkanes of at least 4 members (excludes halogenated alkanes) is 7. The summed E-state index contributed by atoms with van der Waals surface area (Å²) >= 11 is 0. The maximum Gasteiger partial charge on any atom is 0.250 e. The molecule has 20 heavy (non-hydrogen) atoms. The van der Waals surface area contributed by atoms with Gasteiger partial charge in [0.05, 0.1) is 5.69 Å². The van der Waals surface area contributed by atoms with Crippen molar-refractivity contribution in [2.75, 3.05) is 11.9 Å². The minimum Gasteiger partial charge on any atom is -0.384 e. The molecule has 3 heteroatoms. The van der Waals surface area contributed by atoms with E-state index in [1.54, 1.807) is 10.6 Å². The molecule has 0 unspecified atom stereocenters. The summed E-state index contributed by atoms with van der Waals surface area (Å²) in [5, 5.41) is 3.40. The molecule has 1 rings (SSSR count). The van der Waals surface area contributed by atoms with E-state index >= 15 is 0 Å². The van der Waals surface area contributed by atoms with Crippen LogP contribution in [0.3, 0.4) is 0 Å². The average Bonchev–Trinajstić information content (AvgIpc) is 2.47. The van der Waals surface area contributed by atoms with Crippen molar-refractivity contribution < 1.29 is 0 Å². The maximum atomic E-state index is 11.5. The summed E-state index contributed by atoms with van der Waals surface area (Å²) in [5.74, 6) is 0. The molecule has 0 aliphatic heterocycles. The number of aryl methyl sites for hydroxylation is 1. The molecule has 0 spiro atoms. The van der Waals surface area contributed by atoms with Crippen molar-refractivity contribution in [3.63, 3.8) is 0 Å². The quantitative estimate of drug-likeness (QED) is 0.608. The molecule has 0 atom stereocenters. The Kier molecular flexibility index (Phi) is 8.84. The van der Waals surface area contributed by atoms with Crippen LogP contribution in [0.25, 0.3) is 0 Å². The largest absolute Gasteiger partial charge is 0.384 e. The Morgan fingerprint density at radius 3 is 2.25 bits per heavy atom. The molecular weight excluding hydrogens is 248 g/mol. The maximum absolute atomic E-state index is 11.5. The number of anilines is 1. The van der Waals surface area contributed by atoms with E-state index in [-0.39, 0.29) is 5.56 Å². The van der Waals surface area contributed by atoms with E-state index in [0.29, 0.717) is 0 Å². The van der Waals surface area contributed by atoms with E-state index in [1.807, 2.05) is 19.2 Å². The third-order valence-corrected chi connectivity index (χ3v) is 3.68. The summed E-state index contributed by atoms with van der Waals surface area (Å²) in [4.78, 5) is 11.5. The van der Waals surface area contributed by atoms with Gasteiger partial charge in [-0.15, -0.1) is 0 Å². The highest BCUT2D eigenvalue weighted by Gasteiger charge is 1.96. The van der Waals surface area contributed by atoms with E-state index < -0.39 is 0 Å². The van der Waals surface area contributed by atoms with E-state index in [2.05, 4.69) is 12.2 Å². The number of nitrogens with zero attached hydrogens (tertiary/aromatic N) is 1. The molecule has 1 aromatic rings. The molecule has 0 aromatic carbocycles. The lowest BCUT2D eigenvalue weighted by molar-refractivity contribution is 0.581. The fraction of sp³-hybridized carbons (Fsp3) is 0.706. The van der Waals surface area contributed by atoms with Gasteiger partial charge in [0, 0.05) is 25.4 Å². The highest BCUT2D eigenvalue weighted by Crippen LogP contribution is 2.09. The van der Waals surface area contributed by atoms with Crippen molar-refractivity contribution in [1.29, 1.82) is 0 Å². The van der Waals surface area contributed by atoms with Gasteiger partial charge in [-0.2, -0.15) is 0 Å². The molecule has 1 aromatic heterocycles. The van der Waals surface area contributed by atoms with E-state index in [1.165, 1.54) is 51.4 Å². The molecule has 1 heterocycles. The first kappa shape index (κ1) is 16.8. The van der Waals surface area contributed by atoms with Crippen molar-refractivity contribution in [2.45, 2.75) is 71.8 Å². The Morgan fingerprint density at radius 2 is 1.60 bits per heavy atom. The van der Waals surface area contributed by atoms with Gasteiger partial charge >= 0.3 is 0 Å². The fourth-order valence-corrected chi connectivity index (χ4v) is 2.37. The van der Waals surface area contributed by atoms with E-state index in [4.69, 9.17) is 0 Å². The van der Waals surface area contributed by atoms with Gasteiger partial charge in [-0.05, 0) is 19.4 Å². The molecule has 0 bridgehead atoms. The third-order valence-electron chi connectivity index (χ3n) is 3.68. The van der Waals surface area contributed by atoms with Gasteiger partial charge in [0.1, 0.15) is 0 Å². The number of nitrogens with one attached hydrogen (secondary N) is 1. The topological polar surface area (TPSA) is 34.0 Å². The van der Waals surface area contributed by atoms with Crippen LogP contribution in [0.15, 0.2) is 23.1 Å². The normalized spacial score (nSPS) is 10.7. The van der Waals surface area contributed by atoms with Gasteiger partial charge in [0.2, 0.25) is 0 Å². The lowest BCUT2D eigenvalue weighted by Gasteiger charge is -2.08. The monoisotopic (exact) mass is 278 g/mol. The molecule has 3 nitrogen and oxygen atoms in total. The zero-order valence-electron chi connectivity index (χ0n) is 13.2. The molecular formula is C17H30N2O. The van der Waals surface area contributed by atoms with Crippen molar-refractivity contribution >= 4 is 5.69 Å². The molecule has 0 amide bonds. The SMILES string of the molecule is CCCCCCCCCCNc1ccc(=O)n(CC)c1. The van der Waals surface area contributed by atoms with Gasteiger partial charge in [-0.3, -0.25) is 4.79 Å². The van der Waals surface area contributed by atoms with Crippen molar-refractivity contribution in [3.05, 3.63) is 28.7 Å². The molecule has 0 radical (unpaired) electrons. The number of hydrogen-bond acceptors (Lipinski definition) is 2. The van der Waals surface area contributed by atoms with Crippen LogP contribution in [-0.4, -0.2) is 11.1 Å². The lowest BCUT2D eigenvalue weighted by Crippen LogP contribution is -2.18. The predicted octanol–water partition coefficient (Wildman–Crippen LogP) is 4.42. The smallest absolute Gasteiger partial charge is 0.250 e. The Morgan fingerprint density at radius 1 is 0.950 bits per heavy atom. The zero-order chi connectivity index (χ0) is 14.6. The summed E-state index contributed by atoms with van der Waals surface area (Å²) in [6.45, 7) is 5.97. The zero-order valence-corrected chi connectivity index (χ0v) is 13.2. The first-order valence-corrected chi connectivity index (χ1v) is 8.22. The Labute approximate surface area is 123 Å². The first-order valence-electron chi connectivity index (χ1n) is 8.22. The molecule has 0 saturated heterocycles. The number of aromatic nitrogens is 1. The summed E-state index contributed by atoms with van der Waals surface area (Å²) in [6.07, 6.45) is 12.6. The molecule has 0 fully saturated rings. The van der Waals surface area contributed by atoms with E-state index in [0.717, 1.165) is 18.8 Å².